The lowest BCUT2D eigenvalue weighted by Gasteiger charge is -2.08. The molecule has 2 N–H and O–H groups in total. The minimum Gasteiger partial charge on any atom is -0.486 e. The van der Waals surface area contributed by atoms with Crippen molar-refractivity contribution in [2.24, 2.45) is 0 Å². The Hall–Kier alpha value is -2.41. The Morgan fingerprint density at radius 2 is 2.19 bits per heavy atom. The SMILES string of the molecule is CC(=O)Nc1nc(COc2ccc(C)cc2C(=O)O)cs1. The van der Waals surface area contributed by atoms with Crippen molar-refractivity contribution in [2.75, 3.05) is 5.32 Å². The Kier molecular flexibility index (Phi) is 4.54. The van der Waals surface area contributed by atoms with Gasteiger partial charge in [0.1, 0.15) is 17.9 Å². The molecule has 21 heavy (non-hydrogen) atoms. The van der Waals surface area contributed by atoms with Gasteiger partial charge in [0.15, 0.2) is 5.13 Å². The predicted molar refractivity (Wildman–Crippen MR) is 78.9 cm³/mol. The normalized spacial score (nSPS) is 10.2. The highest BCUT2D eigenvalue weighted by atomic mass is 32.1. The van der Waals surface area contributed by atoms with Gasteiger partial charge in [0.05, 0.1) is 5.69 Å². The van der Waals surface area contributed by atoms with Crippen LogP contribution in [0.25, 0.3) is 0 Å². The van der Waals surface area contributed by atoms with Crippen molar-refractivity contribution in [3.8, 4) is 5.75 Å². The smallest absolute Gasteiger partial charge is 0.339 e. The minimum absolute atomic E-state index is 0.118. The van der Waals surface area contributed by atoms with E-state index in [0.717, 1.165) is 5.56 Å². The third-order valence-corrected chi connectivity index (χ3v) is 3.38. The summed E-state index contributed by atoms with van der Waals surface area (Å²) in [7, 11) is 0. The van der Waals surface area contributed by atoms with E-state index >= 15 is 0 Å². The monoisotopic (exact) mass is 306 g/mol. The molecule has 2 aromatic rings. The lowest BCUT2D eigenvalue weighted by Crippen LogP contribution is -2.06. The molecule has 0 atom stereocenters. The van der Waals surface area contributed by atoms with Gasteiger partial charge in [-0.3, -0.25) is 4.79 Å². The largest absolute Gasteiger partial charge is 0.486 e. The molecule has 0 saturated carbocycles. The zero-order valence-corrected chi connectivity index (χ0v) is 12.4. The summed E-state index contributed by atoms with van der Waals surface area (Å²) < 4.78 is 5.51. The van der Waals surface area contributed by atoms with Gasteiger partial charge < -0.3 is 15.2 Å². The van der Waals surface area contributed by atoms with E-state index in [0.29, 0.717) is 16.6 Å². The number of anilines is 1. The first kappa shape index (κ1) is 15.0. The Balaban J connectivity index is 2.08. The molecule has 0 aliphatic rings. The molecular weight excluding hydrogens is 292 g/mol. The molecule has 2 rings (SSSR count). The molecule has 0 radical (unpaired) electrons. The van der Waals surface area contributed by atoms with Crippen molar-refractivity contribution in [1.29, 1.82) is 0 Å². The molecule has 110 valence electrons. The van der Waals surface area contributed by atoms with Crippen LogP contribution in [0.4, 0.5) is 5.13 Å². The number of aromatic nitrogens is 1. The molecule has 0 spiro atoms. The van der Waals surface area contributed by atoms with Gasteiger partial charge in [-0.25, -0.2) is 9.78 Å². The number of thiazole rings is 1. The van der Waals surface area contributed by atoms with E-state index in [4.69, 9.17) is 9.84 Å². The van der Waals surface area contributed by atoms with Crippen LogP contribution >= 0.6 is 11.3 Å². The van der Waals surface area contributed by atoms with Gasteiger partial charge in [-0.1, -0.05) is 11.6 Å². The first-order valence-corrected chi connectivity index (χ1v) is 7.02. The van der Waals surface area contributed by atoms with E-state index in [-0.39, 0.29) is 18.1 Å². The summed E-state index contributed by atoms with van der Waals surface area (Å²) in [6.07, 6.45) is 0. The van der Waals surface area contributed by atoms with Gasteiger partial charge >= 0.3 is 5.97 Å². The topological polar surface area (TPSA) is 88.5 Å². The lowest BCUT2D eigenvalue weighted by atomic mass is 10.1. The summed E-state index contributed by atoms with van der Waals surface area (Å²) >= 11 is 1.29. The number of aromatic carboxylic acids is 1. The third kappa shape index (κ3) is 4.03. The van der Waals surface area contributed by atoms with Crippen molar-refractivity contribution in [2.45, 2.75) is 20.5 Å². The minimum atomic E-state index is -1.04. The fourth-order valence-electron chi connectivity index (χ4n) is 1.67. The van der Waals surface area contributed by atoms with Crippen LogP contribution in [0.1, 0.15) is 28.5 Å². The van der Waals surface area contributed by atoms with Crippen LogP contribution in [0.2, 0.25) is 0 Å². The number of hydrogen-bond donors (Lipinski definition) is 2. The molecule has 0 aliphatic carbocycles. The second kappa shape index (κ2) is 6.36. The Morgan fingerprint density at radius 3 is 2.86 bits per heavy atom. The van der Waals surface area contributed by atoms with Crippen molar-refractivity contribution in [3.05, 3.63) is 40.4 Å². The quantitative estimate of drug-likeness (QED) is 0.886. The van der Waals surface area contributed by atoms with Crippen molar-refractivity contribution in [1.82, 2.24) is 4.98 Å². The number of amides is 1. The first-order valence-electron chi connectivity index (χ1n) is 6.14. The Morgan fingerprint density at radius 1 is 1.43 bits per heavy atom. The summed E-state index contributed by atoms with van der Waals surface area (Å²) in [5, 5.41) is 14.0. The second-order valence-corrected chi connectivity index (χ2v) is 5.28. The third-order valence-electron chi connectivity index (χ3n) is 2.58. The second-order valence-electron chi connectivity index (χ2n) is 4.42. The number of nitrogens with one attached hydrogen (secondary N) is 1. The van der Waals surface area contributed by atoms with Crippen LogP contribution in [-0.4, -0.2) is 22.0 Å². The van der Waals surface area contributed by atoms with Crippen molar-refractivity contribution < 1.29 is 19.4 Å². The number of carbonyl (C=O) groups excluding carboxylic acids is 1. The summed E-state index contributed by atoms with van der Waals surface area (Å²) in [6, 6.07) is 4.97. The summed E-state index contributed by atoms with van der Waals surface area (Å²) in [4.78, 5) is 26.3. The first-order chi connectivity index (χ1) is 9.95. The lowest BCUT2D eigenvalue weighted by molar-refractivity contribution is -0.114. The number of carboxylic acid groups (broad SMARTS) is 1. The van der Waals surface area contributed by atoms with Crippen LogP contribution in [0.5, 0.6) is 5.75 Å². The fourth-order valence-corrected chi connectivity index (χ4v) is 2.41. The van der Waals surface area contributed by atoms with Crippen LogP contribution in [0, 0.1) is 6.92 Å². The van der Waals surface area contributed by atoms with Crippen LogP contribution in [0.15, 0.2) is 23.6 Å². The van der Waals surface area contributed by atoms with Gasteiger partial charge in [0.25, 0.3) is 0 Å². The average molecular weight is 306 g/mol. The number of hydrogen-bond acceptors (Lipinski definition) is 5. The summed E-state index contributed by atoms with van der Waals surface area (Å²) in [5.74, 6) is -0.934. The van der Waals surface area contributed by atoms with Crippen molar-refractivity contribution in [3.63, 3.8) is 0 Å². The molecule has 1 heterocycles. The van der Waals surface area contributed by atoms with E-state index in [1.165, 1.54) is 18.3 Å². The Bertz CT molecular complexity index is 681. The average Bonchev–Trinajstić information content (AvgIpc) is 2.83. The van der Waals surface area contributed by atoms with E-state index < -0.39 is 5.97 Å². The molecule has 0 aliphatic heterocycles. The van der Waals surface area contributed by atoms with Crippen LogP contribution in [0.3, 0.4) is 0 Å². The molecule has 0 fully saturated rings. The molecule has 6 nitrogen and oxygen atoms in total. The van der Waals surface area contributed by atoms with Gasteiger partial charge in [0.2, 0.25) is 5.91 Å². The van der Waals surface area contributed by atoms with Gasteiger partial charge in [0, 0.05) is 12.3 Å². The summed E-state index contributed by atoms with van der Waals surface area (Å²) in [5.41, 5.74) is 1.59. The Labute approximate surface area is 125 Å². The van der Waals surface area contributed by atoms with Crippen LogP contribution in [-0.2, 0) is 11.4 Å². The zero-order valence-electron chi connectivity index (χ0n) is 11.5. The molecule has 1 aromatic carbocycles. The summed E-state index contributed by atoms with van der Waals surface area (Å²) in [6.45, 7) is 3.36. The number of carbonyl (C=O) groups is 2. The molecule has 1 aromatic heterocycles. The molecule has 1 amide bonds. The molecule has 0 saturated heterocycles. The number of benzene rings is 1. The number of rotatable bonds is 5. The number of ether oxygens (including phenoxy) is 1. The predicted octanol–water partition coefficient (Wildman–Crippen LogP) is 2.69. The highest BCUT2D eigenvalue weighted by Crippen LogP contribution is 2.22. The van der Waals surface area contributed by atoms with Gasteiger partial charge in [-0.2, -0.15) is 0 Å². The standard InChI is InChI=1S/C14H14N2O4S/c1-8-3-4-12(11(5-8)13(18)19)20-6-10-7-21-14(16-10)15-9(2)17/h3-5,7H,6H2,1-2H3,(H,18,19)(H,15,16,17). The number of carboxylic acids is 1. The number of nitrogens with zero attached hydrogens (tertiary/aromatic N) is 1. The van der Waals surface area contributed by atoms with E-state index in [1.54, 1.807) is 23.6 Å². The maximum absolute atomic E-state index is 11.2. The van der Waals surface area contributed by atoms with Gasteiger partial charge in [-0.15, -0.1) is 11.3 Å². The highest BCUT2D eigenvalue weighted by molar-refractivity contribution is 7.13. The van der Waals surface area contributed by atoms with E-state index in [9.17, 15) is 9.59 Å². The van der Waals surface area contributed by atoms with Crippen molar-refractivity contribution >= 4 is 28.3 Å². The van der Waals surface area contributed by atoms with Gasteiger partial charge in [-0.05, 0) is 19.1 Å². The van der Waals surface area contributed by atoms with E-state index in [2.05, 4.69) is 10.3 Å². The molecular formula is C14H14N2O4S. The fraction of sp³-hybridized carbons (Fsp3) is 0.214. The zero-order chi connectivity index (χ0) is 15.4. The van der Waals surface area contributed by atoms with E-state index in [1.807, 2.05) is 6.92 Å². The number of aryl methyl sites for hydroxylation is 1. The highest BCUT2D eigenvalue weighted by Gasteiger charge is 2.12. The molecule has 7 heteroatoms. The molecule has 0 unspecified atom stereocenters. The maximum Gasteiger partial charge on any atom is 0.339 e. The molecule has 0 bridgehead atoms. The van der Waals surface area contributed by atoms with Crippen LogP contribution < -0.4 is 10.1 Å². The maximum atomic E-state index is 11.2.